The predicted octanol–water partition coefficient (Wildman–Crippen LogP) is 2.86. The lowest BCUT2D eigenvalue weighted by Crippen LogP contribution is -2.48. The van der Waals surface area contributed by atoms with Gasteiger partial charge in [-0.25, -0.2) is 4.79 Å². The van der Waals surface area contributed by atoms with Gasteiger partial charge in [-0.05, 0) is 56.4 Å². The average Bonchev–Trinajstić information content (AvgIpc) is 2.90. The number of carboxylic acid groups (broad SMARTS) is 1. The number of aromatic amines is 1. The Morgan fingerprint density at radius 1 is 1.23 bits per heavy atom. The highest BCUT2D eigenvalue weighted by molar-refractivity contribution is 6.00. The van der Waals surface area contributed by atoms with Gasteiger partial charge in [-0.1, -0.05) is 6.07 Å². The highest BCUT2D eigenvalue weighted by Crippen LogP contribution is 2.24. The number of carbonyl (C=O) groups is 2. The van der Waals surface area contributed by atoms with Gasteiger partial charge in [0.15, 0.2) is 0 Å². The minimum atomic E-state index is -0.920. The zero-order chi connectivity index (χ0) is 15.9. The van der Waals surface area contributed by atoms with E-state index in [1.54, 1.807) is 0 Å². The number of carbonyl (C=O) groups excluding carboxylic acids is 1. The fourth-order valence-corrected chi connectivity index (χ4v) is 3.30. The minimum absolute atomic E-state index is 0.222. The first-order valence-electron chi connectivity index (χ1n) is 7.61. The molecule has 0 aliphatic carbocycles. The van der Waals surface area contributed by atoms with Gasteiger partial charge in [0.1, 0.15) is 11.7 Å². The summed E-state index contributed by atoms with van der Waals surface area (Å²) in [4.78, 5) is 28.7. The van der Waals surface area contributed by atoms with Gasteiger partial charge in [0.25, 0.3) is 5.91 Å². The van der Waals surface area contributed by atoms with Crippen LogP contribution in [0.2, 0.25) is 0 Å². The first kappa shape index (κ1) is 14.6. The molecule has 1 aromatic carbocycles. The number of carboxylic acids is 1. The molecule has 2 heterocycles. The SMILES string of the molecule is Cc1cc(C)c2cc(C(=O)N3CCCC[C@@H]3C(=O)O)[nH]c2c1. The van der Waals surface area contributed by atoms with E-state index in [1.165, 1.54) is 4.90 Å². The Hall–Kier alpha value is -2.30. The van der Waals surface area contributed by atoms with Crippen LogP contribution in [0.1, 0.15) is 40.9 Å². The summed E-state index contributed by atoms with van der Waals surface area (Å²) in [6.07, 6.45) is 2.24. The molecule has 1 atom stereocenters. The van der Waals surface area contributed by atoms with Crippen LogP contribution in [-0.2, 0) is 4.79 Å². The van der Waals surface area contributed by atoms with Crippen LogP contribution in [0, 0.1) is 13.8 Å². The van der Waals surface area contributed by atoms with Crippen molar-refractivity contribution in [2.24, 2.45) is 0 Å². The van der Waals surface area contributed by atoms with Crippen LogP contribution in [-0.4, -0.2) is 39.5 Å². The van der Waals surface area contributed by atoms with Crippen molar-refractivity contribution < 1.29 is 14.7 Å². The maximum atomic E-state index is 12.7. The number of hydrogen-bond donors (Lipinski definition) is 2. The maximum absolute atomic E-state index is 12.7. The molecule has 0 unspecified atom stereocenters. The molecule has 1 aliphatic rings. The molecule has 2 N–H and O–H groups in total. The average molecular weight is 300 g/mol. The molecule has 1 amide bonds. The fourth-order valence-electron chi connectivity index (χ4n) is 3.30. The number of amides is 1. The third kappa shape index (κ3) is 2.47. The number of nitrogens with zero attached hydrogens (tertiary/aromatic N) is 1. The van der Waals surface area contributed by atoms with E-state index < -0.39 is 12.0 Å². The summed E-state index contributed by atoms with van der Waals surface area (Å²) in [6.45, 7) is 4.53. The molecule has 1 aliphatic heterocycles. The first-order chi connectivity index (χ1) is 10.5. The van der Waals surface area contributed by atoms with Gasteiger partial charge in [0.05, 0.1) is 0 Å². The van der Waals surface area contributed by atoms with Crippen LogP contribution < -0.4 is 0 Å². The van der Waals surface area contributed by atoms with Gasteiger partial charge in [-0.3, -0.25) is 4.79 Å². The Morgan fingerprint density at radius 2 is 2.00 bits per heavy atom. The molecule has 1 fully saturated rings. The Kier molecular flexibility index (Phi) is 3.64. The van der Waals surface area contributed by atoms with Gasteiger partial charge in [-0.2, -0.15) is 0 Å². The Labute approximate surface area is 128 Å². The van der Waals surface area contributed by atoms with E-state index in [2.05, 4.69) is 11.1 Å². The van der Waals surface area contributed by atoms with E-state index in [0.717, 1.165) is 34.9 Å². The number of aromatic nitrogens is 1. The number of likely N-dealkylation sites (tertiary alicyclic amines) is 1. The molecule has 22 heavy (non-hydrogen) atoms. The second-order valence-corrected chi connectivity index (χ2v) is 6.07. The van der Waals surface area contributed by atoms with Crippen molar-refractivity contribution in [3.63, 3.8) is 0 Å². The number of H-pyrrole nitrogens is 1. The van der Waals surface area contributed by atoms with Gasteiger partial charge in [-0.15, -0.1) is 0 Å². The van der Waals surface area contributed by atoms with E-state index in [9.17, 15) is 14.7 Å². The van der Waals surface area contributed by atoms with Crippen molar-refractivity contribution in [1.29, 1.82) is 0 Å². The second kappa shape index (κ2) is 5.48. The van der Waals surface area contributed by atoms with Crippen LogP contribution in [0.25, 0.3) is 10.9 Å². The van der Waals surface area contributed by atoms with E-state index in [-0.39, 0.29) is 5.91 Å². The van der Waals surface area contributed by atoms with E-state index in [0.29, 0.717) is 18.7 Å². The number of piperidine rings is 1. The van der Waals surface area contributed by atoms with Crippen molar-refractivity contribution in [2.75, 3.05) is 6.54 Å². The van der Waals surface area contributed by atoms with Gasteiger partial charge in [0.2, 0.25) is 0 Å². The molecule has 5 heteroatoms. The van der Waals surface area contributed by atoms with Crippen molar-refractivity contribution in [1.82, 2.24) is 9.88 Å². The molecule has 5 nitrogen and oxygen atoms in total. The van der Waals surface area contributed by atoms with Crippen LogP contribution in [0.15, 0.2) is 18.2 Å². The maximum Gasteiger partial charge on any atom is 0.326 e. The van der Waals surface area contributed by atoms with Crippen molar-refractivity contribution in [2.45, 2.75) is 39.2 Å². The normalized spacial score (nSPS) is 18.6. The number of hydrogen-bond acceptors (Lipinski definition) is 2. The lowest BCUT2D eigenvalue weighted by molar-refractivity contribution is -0.143. The van der Waals surface area contributed by atoms with Gasteiger partial charge in [0, 0.05) is 17.4 Å². The van der Waals surface area contributed by atoms with E-state index >= 15 is 0 Å². The Balaban J connectivity index is 1.97. The zero-order valence-electron chi connectivity index (χ0n) is 12.8. The predicted molar refractivity (Wildman–Crippen MR) is 84.1 cm³/mol. The quantitative estimate of drug-likeness (QED) is 0.895. The van der Waals surface area contributed by atoms with Gasteiger partial charge >= 0.3 is 5.97 Å². The molecule has 3 rings (SSSR count). The van der Waals surface area contributed by atoms with Gasteiger partial charge < -0.3 is 15.0 Å². The van der Waals surface area contributed by atoms with Crippen LogP contribution in [0.4, 0.5) is 0 Å². The highest BCUT2D eigenvalue weighted by Gasteiger charge is 2.33. The first-order valence-corrected chi connectivity index (χ1v) is 7.61. The molecule has 1 saturated heterocycles. The molecule has 2 aromatic rings. The standard InChI is InChI=1S/C17H20N2O3/c1-10-7-11(2)12-9-14(18-13(12)8-10)16(20)19-6-4-3-5-15(19)17(21)22/h7-9,15,18H,3-6H2,1-2H3,(H,21,22)/t15-/m1/s1. The zero-order valence-corrected chi connectivity index (χ0v) is 12.8. The lowest BCUT2D eigenvalue weighted by atomic mass is 10.0. The summed E-state index contributed by atoms with van der Waals surface area (Å²) in [5.74, 6) is -1.14. The second-order valence-electron chi connectivity index (χ2n) is 6.07. The summed E-state index contributed by atoms with van der Waals surface area (Å²) in [6, 6.07) is 5.20. The monoisotopic (exact) mass is 300 g/mol. The Morgan fingerprint density at radius 3 is 2.73 bits per heavy atom. The molecule has 116 valence electrons. The topological polar surface area (TPSA) is 73.4 Å². The molecular weight excluding hydrogens is 280 g/mol. The largest absolute Gasteiger partial charge is 0.480 e. The number of benzene rings is 1. The molecule has 0 bridgehead atoms. The highest BCUT2D eigenvalue weighted by atomic mass is 16.4. The molecule has 0 saturated carbocycles. The molecule has 0 spiro atoms. The summed E-state index contributed by atoms with van der Waals surface area (Å²) in [5.41, 5.74) is 3.63. The minimum Gasteiger partial charge on any atom is -0.480 e. The number of aliphatic carboxylic acids is 1. The molecule has 1 aromatic heterocycles. The number of fused-ring (bicyclic) bond motifs is 1. The Bertz CT molecular complexity index is 748. The third-order valence-corrected chi connectivity index (χ3v) is 4.37. The van der Waals surface area contributed by atoms with Crippen molar-refractivity contribution >= 4 is 22.8 Å². The summed E-state index contributed by atoms with van der Waals surface area (Å²) >= 11 is 0. The summed E-state index contributed by atoms with van der Waals surface area (Å²) in [5, 5.41) is 10.3. The van der Waals surface area contributed by atoms with Crippen LogP contribution in [0.3, 0.4) is 0 Å². The van der Waals surface area contributed by atoms with Crippen molar-refractivity contribution in [3.8, 4) is 0 Å². The fraction of sp³-hybridized carbons (Fsp3) is 0.412. The van der Waals surface area contributed by atoms with Crippen LogP contribution >= 0.6 is 0 Å². The van der Waals surface area contributed by atoms with Crippen LogP contribution in [0.5, 0.6) is 0 Å². The summed E-state index contributed by atoms with van der Waals surface area (Å²) in [7, 11) is 0. The van der Waals surface area contributed by atoms with Crippen molar-refractivity contribution in [3.05, 3.63) is 35.0 Å². The van der Waals surface area contributed by atoms with E-state index in [1.807, 2.05) is 26.0 Å². The molecule has 0 radical (unpaired) electrons. The third-order valence-electron chi connectivity index (χ3n) is 4.37. The number of aryl methyl sites for hydroxylation is 2. The smallest absolute Gasteiger partial charge is 0.326 e. The number of nitrogens with one attached hydrogen (secondary N) is 1. The molecular formula is C17H20N2O3. The lowest BCUT2D eigenvalue weighted by Gasteiger charge is -2.32. The van der Waals surface area contributed by atoms with E-state index in [4.69, 9.17) is 0 Å². The number of rotatable bonds is 2. The summed E-state index contributed by atoms with van der Waals surface area (Å²) < 4.78 is 0.